The van der Waals surface area contributed by atoms with Gasteiger partial charge >= 0.3 is 0 Å². The lowest BCUT2D eigenvalue weighted by Gasteiger charge is -2.25. The number of aromatic nitrogens is 2. The molecule has 4 atom stereocenters. The van der Waals surface area contributed by atoms with Gasteiger partial charge < -0.3 is 21.1 Å². The first-order valence-electron chi connectivity index (χ1n) is 9.42. The van der Waals surface area contributed by atoms with E-state index in [0.717, 1.165) is 6.20 Å². The highest BCUT2D eigenvalue weighted by Gasteiger charge is 2.44. The summed E-state index contributed by atoms with van der Waals surface area (Å²) in [6.45, 7) is 4.20. The van der Waals surface area contributed by atoms with E-state index in [1.807, 2.05) is 36.4 Å². The van der Waals surface area contributed by atoms with Crippen LogP contribution in [0.2, 0.25) is 0 Å². The largest absolute Gasteiger partial charge is 0.489 e. The molecule has 1 aromatic carbocycles. The molecule has 4 rings (SSSR count). The Balaban J connectivity index is 1.76. The summed E-state index contributed by atoms with van der Waals surface area (Å²) < 4.78 is 20.2. The minimum Gasteiger partial charge on any atom is -0.489 e. The van der Waals surface area contributed by atoms with Crippen LogP contribution in [-0.2, 0) is 4.79 Å². The minimum atomic E-state index is -0.604. The predicted octanol–water partition coefficient (Wildman–Crippen LogP) is 3.01. The second-order valence-electron chi connectivity index (χ2n) is 7.18. The van der Waals surface area contributed by atoms with E-state index in [2.05, 4.69) is 27.2 Å². The quantitative estimate of drug-likeness (QED) is 0.676. The highest BCUT2D eigenvalue weighted by Crippen LogP contribution is 2.40. The molecule has 2 aliphatic rings. The van der Waals surface area contributed by atoms with Crippen molar-refractivity contribution in [2.75, 3.05) is 17.2 Å². The number of rotatable bonds is 2. The van der Waals surface area contributed by atoms with Crippen LogP contribution in [0.15, 0.2) is 55.3 Å². The topological polar surface area (TPSA) is 102 Å². The van der Waals surface area contributed by atoms with Gasteiger partial charge in [-0.15, -0.1) is 6.58 Å². The van der Waals surface area contributed by atoms with Crippen LogP contribution in [0.4, 0.5) is 21.8 Å². The van der Waals surface area contributed by atoms with Crippen molar-refractivity contribution in [3.05, 3.63) is 61.1 Å². The fourth-order valence-electron chi connectivity index (χ4n) is 4.02. The Bertz CT molecular complexity index is 964. The molecular formula is C21H22FN5O2. The van der Waals surface area contributed by atoms with Crippen molar-refractivity contribution in [1.82, 2.24) is 9.97 Å². The van der Waals surface area contributed by atoms with Crippen LogP contribution in [0.3, 0.4) is 0 Å². The molecule has 0 radical (unpaired) electrons. The maximum absolute atomic E-state index is 14.5. The third-order valence-corrected chi connectivity index (χ3v) is 5.35. The summed E-state index contributed by atoms with van der Waals surface area (Å²) in [7, 11) is 0. The molecule has 2 aromatic rings. The number of amides is 1. The Morgan fingerprint density at radius 1 is 1.41 bits per heavy atom. The Hall–Kier alpha value is -3.42. The fourth-order valence-corrected chi connectivity index (χ4v) is 4.02. The molecule has 1 aromatic heterocycles. The Kier molecular flexibility index (Phi) is 5.16. The zero-order valence-corrected chi connectivity index (χ0v) is 15.7. The molecule has 7 nitrogen and oxygen atoms in total. The highest BCUT2D eigenvalue weighted by atomic mass is 19.1. The number of hydrogen-bond donors (Lipinski definition) is 3. The monoisotopic (exact) mass is 395 g/mol. The number of anilines is 3. The zero-order valence-electron chi connectivity index (χ0n) is 15.7. The molecule has 8 heteroatoms. The van der Waals surface area contributed by atoms with E-state index in [1.54, 1.807) is 6.08 Å². The number of benzene rings is 1. The molecule has 2 unspecified atom stereocenters. The van der Waals surface area contributed by atoms with Crippen molar-refractivity contribution in [3.63, 3.8) is 0 Å². The van der Waals surface area contributed by atoms with Crippen LogP contribution >= 0.6 is 0 Å². The third-order valence-electron chi connectivity index (χ3n) is 5.35. The lowest BCUT2D eigenvalue weighted by molar-refractivity contribution is -0.122. The lowest BCUT2D eigenvalue weighted by Crippen LogP contribution is -2.40. The molecule has 1 fully saturated rings. The van der Waals surface area contributed by atoms with Crippen LogP contribution in [0.25, 0.3) is 0 Å². The number of halogens is 1. The summed E-state index contributed by atoms with van der Waals surface area (Å²) in [5.74, 6) is -0.854. The maximum Gasteiger partial charge on any atom is 0.229 e. The van der Waals surface area contributed by atoms with Crippen molar-refractivity contribution < 1.29 is 13.9 Å². The number of carbonyl (C=O) groups excluding carboxylic acids is 1. The standard InChI is InChI=1S/C21H22FN5O2/c1-2-12-9-13-5-4-8-29-15-7-3-6-14(10-15)25-21-24-11-16(22)20(27-21)26-18(13)17(12)19(23)28/h2-7,10-13,17-18H,1,8-9H2,(H2,23,28)(H2,24,25,26,27)/t12?,13?,17-,18+/m0/s1. The van der Waals surface area contributed by atoms with Crippen LogP contribution < -0.4 is 21.1 Å². The normalized spacial score (nSPS) is 25.6. The number of ether oxygens (including phenoxy) is 1. The van der Waals surface area contributed by atoms with Crippen LogP contribution in [0.5, 0.6) is 5.75 Å². The second kappa shape index (κ2) is 7.90. The van der Waals surface area contributed by atoms with Crippen LogP contribution in [0, 0.1) is 23.6 Å². The molecule has 4 N–H and O–H groups in total. The first kappa shape index (κ1) is 18.9. The smallest absolute Gasteiger partial charge is 0.229 e. The van der Waals surface area contributed by atoms with Crippen LogP contribution in [-0.4, -0.2) is 28.5 Å². The molecule has 150 valence electrons. The molecule has 2 heterocycles. The molecular weight excluding hydrogens is 373 g/mol. The molecule has 1 saturated carbocycles. The Labute approximate surface area is 167 Å². The lowest BCUT2D eigenvalue weighted by atomic mass is 9.92. The van der Waals surface area contributed by atoms with Gasteiger partial charge in [-0.05, 0) is 30.4 Å². The Morgan fingerprint density at radius 2 is 2.28 bits per heavy atom. The number of hydrogen-bond acceptors (Lipinski definition) is 6. The van der Waals surface area contributed by atoms with Gasteiger partial charge in [0.15, 0.2) is 11.6 Å². The summed E-state index contributed by atoms with van der Waals surface area (Å²) in [6, 6.07) is 6.91. The molecule has 0 spiro atoms. The van der Waals surface area contributed by atoms with Crippen molar-refractivity contribution in [2.24, 2.45) is 23.5 Å². The minimum absolute atomic E-state index is 0.0197. The van der Waals surface area contributed by atoms with E-state index in [9.17, 15) is 9.18 Å². The first-order chi connectivity index (χ1) is 14.0. The van der Waals surface area contributed by atoms with E-state index >= 15 is 0 Å². The molecule has 1 aliphatic heterocycles. The SMILES string of the molecule is C=CC1CC2C=CCOc3cccc(c3)Nc3ncc(F)c(n3)N[C@H]2[C@H]1C(N)=O. The summed E-state index contributed by atoms with van der Waals surface area (Å²) >= 11 is 0. The zero-order chi connectivity index (χ0) is 20.4. The third kappa shape index (κ3) is 3.91. The number of fused-ring (bicyclic) bond motifs is 5. The van der Waals surface area contributed by atoms with Crippen LogP contribution in [0.1, 0.15) is 6.42 Å². The van der Waals surface area contributed by atoms with Gasteiger partial charge in [0.2, 0.25) is 11.9 Å². The van der Waals surface area contributed by atoms with E-state index in [1.165, 1.54) is 0 Å². The van der Waals surface area contributed by atoms with E-state index in [0.29, 0.717) is 24.5 Å². The molecule has 4 bridgehead atoms. The van der Waals surface area contributed by atoms with Gasteiger partial charge in [0.25, 0.3) is 0 Å². The van der Waals surface area contributed by atoms with Crippen molar-refractivity contribution in [1.29, 1.82) is 0 Å². The maximum atomic E-state index is 14.5. The van der Waals surface area contributed by atoms with Crippen molar-refractivity contribution in [3.8, 4) is 5.75 Å². The number of nitrogens with two attached hydrogens (primary N) is 1. The highest BCUT2D eigenvalue weighted by molar-refractivity contribution is 5.79. The van der Waals surface area contributed by atoms with Gasteiger partial charge in [0.05, 0.1) is 12.1 Å². The summed E-state index contributed by atoms with van der Waals surface area (Å²) in [5.41, 5.74) is 6.38. The fraction of sp³-hybridized carbons (Fsp3) is 0.286. The van der Waals surface area contributed by atoms with Crippen molar-refractivity contribution >= 4 is 23.4 Å². The van der Waals surface area contributed by atoms with E-state index < -0.39 is 23.7 Å². The van der Waals surface area contributed by atoms with Gasteiger partial charge in [-0.3, -0.25) is 4.79 Å². The average Bonchev–Trinajstić information content (AvgIpc) is 3.05. The first-order valence-corrected chi connectivity index (χ1v) is 9.42. The van der Waals surface area contributed by atoms with Crippen molar-refractivity contribution in [2.45, 2.75) is 12.5 Å². The summed E-state index contributed by atoms with van der Waals surface area (Å²) in [4.78, 5) is 20.4. The number of nitrogens with zero attached hydrogens (tertiary/aromatic N) is 2. The van der Waals surface area contributed by atoms with Gasteiger partial charge in [0, 0.05) is 17.8 Å². The number of nitrogens with one attached hydrogen (secondary N) is 2. The number of carbonyl (C=O) groups is 1. The molecule has 29 heavy (non-hydrogen) atoms. The number of primary amides is 1. The van der Waals surface area contributed by atoms with Gasteiger partial charge in [-0.1, -0.05) is 24.3 Å². The van der Waals surface area contributed by atoms with Gasteiger partial charge in [-0.25, -0.2) is 9.37 Å². The van der Waals surface area contributed by atoms with Gasteiger partial charge in [-0.2, -0.15) is 4.98 Å². The Morgan fingerprint density at radius 3 is 3.07 bits per heavy atom. The second-order valence-corrected chi connectivity index (χ2v) is 7.18. The number of allylic oxidation sites excluding steroid dienone is 1. The molecule has 0 saturated heterocycles. The summed E-state index contributed by atoms with van der Waals surface area (Å²) in [6.07, 6.45) is 7.37. The van der Waals surface area contributed by atoms with E-state index in [4.69, 9.17) is 10.5 Å². The average molecular weight is 395 g/mol. The summed E-state index contributed by atoms with van der Waals surface area (Å²) in [5, 5.41) is 6.14. The van der Waals surface area contributed by atoms with E-state index in [-0.39, 0.29) is 23.6 Å². The van der Waals surface area contributed by atoms with Gasteiger partial charge in [0.1, 0.15) is 12.4 Å². The predicted molar refractivity (Wildman–Crippen MR) is 108 cm³/mol. The molecule has 1 amide bonds. The molecule has 1 aliphatic carbocycles.